The highest BCUT2D eigenvalue weighted by Crippen LogP contribution is 2.46. The molecule has 45 heavy (non-hydrogen) atoms. The Morgan fingerprint density at radius 2 is 1.53 bits per heavy atom. The molecule has 2 heteroatoms. The van der Waals surface area contributed by atoms with Crippen LogP contribution in [0.5, 0.6) is 0 Å². The van der Waals surface area contributed by atoms with Crippen LogP contribution in [0.1, 0.15) is 41.8 Å². The molecular formula is C43H34N2. The van der Waals surface area contributed by atoms with Crippen LogP contribution >= 0.6 is 0 Å². The Morgan fingerprint density at radius 1 is 0.711 bits per heavy atom. The smallest absolute Gasteiger partial charge is 0.0698 e. The molecular weight excluding hydrogens is 544 g/mol. The molecule has 0 aliphatic heterocycles. The number of hydrogen-bond acceptors (Lipinski definition) is 1. The molecule has 0 N–H and O–H groups in total. The van der Waals surface area contributed by atoms with Crippen molar-refractivity contribution in [3.63, 3.8) is 0 Å². The lowest BCUT2D eigenvalue weighted by Crippen LogP contribution is -2.18. The molecule has 0 saturated heterocycles. The normalized spacial score (nSPS) is 20.4. The van der Waals surface area contributed by atoms with E-state index in [0.717, 1.165) is 31.4 Å². The van der Waals surface area contributed by atoms with Crippen LogP contribution in [-0.2, 0) is 6.42 Å². The lowest BCUT2D eigenvalue weighted by Gasteiger charge is -2.30. The fraction of sp³-hybridized carbons (Fsp3) is 0.140. The first kappa shape index (κ1) is 26.2. The zero-order chi connectivity index (χ0) is 29.7. The van der Waals surface area contributed by atoms with Gasteiger partial charge in [0.1, 0.15) is 0 Å². The van der Waals surface area contributed by atoms with Crippen molar-refractivity contribution >= 4 is 38.9 Å². The number of aryl methyl sites for hydroxylation is 1. The van der Waals surface area contributed by atoms with E-state index in [1.165, 1.54) is 66.5 Å². The standard InChI is InChI=1S/C43H34N2/c1-2-16-33(17-3-1)45-41-27-31(35-21-11-13-29-12-4-5-18-34(29)35)23-24-38(41)43-37-20-7-6-19-36(37)39(28-42(43)45)30-14-10-15-32(26-30)40-22-8-9-25-44-40/h1-9,11-13,15-22,25-29,34H,10,14,23-24H2. The van der Waals surface area contributed by atoms with Gasteiger partial charge in [-0.2, -0.15) is 0 Å². The second-order valence-electron chi connectivity index (χ2n) is 12.5. The van der Waals surface area contributed by atoms with Crippen molar-refractivity contribution in [3.05, 3.63) is 173 Å². The number of fused-ring (bicyclic) bond motifs is 6. The molecule has 0 bridgehead atoms. The van der Waals surface area contributed by atoms with Crippen molar-refractivity contribution in [1.29, 1.82) is 0 Å². The van der Waals surface area contributed by atoms with Crippen LogP contribution in [0.15, 0.2) is 151 Å². The van der Waals surface area contributed by atoms with Crippen LogP contribution in [0.3, 0.4) is 0 Å². The van der Waals surface area contributed by atoms with Crippen molar-refractivity contribution < 1.29 is 0 Å². The average molecular weight is 579 g/mol. The van der Waals surface area contributed by atoms with Gasteiger partial charge < -0.3 is 4.57 Å². The maximum atomic E-state index is 4.67. The molecule has 2 nitrogen and oxygen atoms in total. The molecule has 2 atom stereocenters. The highest BCUT2D eigenvalue weighted by molar-refractivity contribution is 6.15. The topological polar surface area (TPSA) is 17.8 Å². The molecule has 4 aliphatic rings. The SMILES string of the molecule is C1=CC2C=CC=C(C3=Cc4c(c5c6ccccc6c(C6=CC(c7ccccn7)=CCC6)cc5n4-c4ccccc4)CC3)C2C=C1. The van der Waals surface area contributed by atoms with Crippen LogP contribution in [0.25, 0.3) is 44.6 Å². The molecule has 9 rings (SSSR count). The minimum atomic E-state index is 0.411. The van der Waals surface area contributed by atoms with E-state index in [-0.39, 0.29) is 0 Å². The van der Waals surface area contributed by atoms with Crippen molar-refractivity contribution in [3.8, 4) is 5.69 Å². The van der Waals surface area contributed by atoms with Crippen molar-refractivity contribution in [1.82, 2.24) is 9.55 Å². The summed E-state index contributed by atoms with van der Waals surface area (Å²) in [5.41, 5.74) is 13.2. The largest absolute Gasteiger partial charge is 0.310 e. The Morgan fingerprint density at radius 3 is 2.42 bits per heavy atom. The Hall–Kier alpha value is -5.21. The lowest BCUT2D eigenvalue weighted by atomic mass is 9.74. The van der Waals surface area contributed by atoms with Crippen LogP contribution in [0.4, 0.5) is 0 Å². The summed E-state index contributed by atoms with van der Waals surface area (Å²) in [6.45, 7) is 0. The van der Waals surface area contributed by atoms with Gasteiger partial charge >= 0.3 is 0 Å². The quantitative estimate of drug-likeness (QED) is 0.207. The summed E-state index contributed by atoms with van der Waals surface area (Å²) in [4.78, 5) is 4.67. The predicted molar refractivity (Wildman–Crippen MR) is 189 cm³/mol. The summed E-state index contributed by atoms with van der Waals surface area (Å²) in [5.74, 6) is 0.854. The van der Waals surface area contributed by atoms with E-state index >= 15 is 0 Å². The van der Waals surface area contributed by atoms with E-state index in [9.17, 15) is 0 Å². The van der Waals surface area contributed by atoms with Gasteiger partial charge in [0, 0.05) is 29.1 Å². The summed E-state index contributed by atoms with van der Waals surface area (Å²) in [6.07, 6.45) is 29.3. The van der Waals surface area contributed by atoms with E-state index in [1.54, 1.807) is 0 Å². The van der Waals surface area contributed by atoms with Crippen LogP contribution in [-0.4, -0.2) is 9.55 Å². The molecule has 0 spiro atoms. The monoisotopic (exact) mass is 578 g/mol. The molecule has 3 aromatic carbocycles. The van der Waals surface area contributed by atoms with E-state index < -0.39 is 0 Å². The third-order valence-corrected chi connectivity index (χ3v) is 10.0. The van der Waals surface area contributed by atoms with Crippen molar-refractivity contribution in [2.75, 3.05) is 0 Å². The Labute approximate surface area is 264 Å². The molecule has 4 aliphatic carbocycles. The van der Waals surface area contributed by atoms with E-state index in [0.29, 0.717) is 11.8 Å². The number of para-hydroxylation sites is 1. The second kappa shape index (κ2) is 10.7. The third-order valence-electron chi connectivity index (χ3n) is 10.0. The van der Waals surface area contributed by atoms with E-state index in [2.05, 4.69) is 143 Å². The summed E-state index contributed by atoms with van der Waals surface area (Å²) in [5, 5.41) is 4.09. The summed E-state index contributed by atoms with van der Waals surface area (Å²) >= 11 is 0. The third kappa shape index (κ3) is 4.36. The lowest BCUT2D eigenvalue weighted by molar-refractivity contribution is 0.623. The zero-order valence-electron chi connectivity index (χ0n) is 25.2. The van der Waals surface area contributed by atoms with Gasteiger partial charge in [0.05, 0.1) is 16.9 Å². The maximum Gasteiger partial charge on any atom is 0.0698 e. The molecule has 2 unspecified atom stereocenters. The minimum absolute atomic E-state index is 0.411. The number of aromatic nitrogens is 2. The van der Waals surface area contributed by atoms with Gasteiger partial charge in [-0.05, 0) is 112 Å². The number of allylic oxidation sites excluding steroid dienone is 13. The number of hydrogen-bond donors (Lipinski definition) is 0. The number of pyridine rings is 1. The highest BCUT2D eigenvalue weighted by atomic mass is 15.0. The highest BCUT2D eigenvalue weighted by Gasteiger charge is 2.29. The van der Waals surface area contributed by atoms with E-state index in [4.69, 9.17) is 0 Å². The van der Waals surface area contributed by atoms with Gasteiger partial charge in [0.2, 0.25) is 0 Å². The Kier molecular flexibility index (Phi) is 6.26. The number of benzene rings is 3. The average Bonchev–Trinajstić information content (AvgIpc) is 3.45. The first-order valence-electron chi connectivity index (χ1n) is 16.2. The van der Waals surface area contributed by atoms with Crippen molar-refractivity contribution in [2.45, 2.75) is 25.7 Å². The van der Waals surface area contributed by atoms with Gasteiger partial charge in [-0.3, -0.25) is 4.98 Å². The first-order chi connectivity index (χ1) is 22.3. The van der Waals surface area contributed by atoms with Crippen LogP contribution in [0.2, 0.25) is 0 Å². The summed E-state index contributed by atoms with van der Waals surface area (Å²) < 4.78 is 2.53. The summed E-state index contributed by atoms with van der Waals surface area (Å²) in [6, 6.07) is 28.7. The van der Waals surface area contributed by atoms with Crippen LogP contribution in [0, 0.1) is 11.8 Å². The molecule has 2 aromatic heterocycles. The zero-order valence-corrected chi connectivity index (χ0v) is 25.2. The molecule has 0 fully saturated rings. The Balaban J connectivity index is 1.29. The van der Waals surface area contributed by atoms with Gasteiger partial charge in [0.25, 0.3) is 0 Å². The van der Waals surface area contributed by atoms with Gasteiger partial charge in [-0.1, -0.05) is 97.1 Å². The van der Waals surface area contributed by atoms with Crippen LogP contribution < -0.4 is 0 Å². The molecule has 0 amide bonds. The van der Waals surface area contributed by atoms with Crippen molar-refractivity contribution in [2.24, 2.45) is 11.8 Å². The molecule has 5 aromatic rings. The van der Waals surface area contributed by atoms with Gasteiger partial charge in [-0.15, -0.1) is 0 Å². The first-order valence-corrected chi connectivity index (χ1v) is 16.2. The predicted octanol–water partition coefficient (Wildman–Crippen LogP) is 10.6. The molecule has 0 saturated carbocycles. The molecule has 2 heterocycles. The summed E-state index contributed by atoms with van der Waals surface area (Å²) in [7, 11) is 0. The second-order valence-corrected chi connectivity index (χ2v) is 12.5. The Bertz CT molecular complexity index is 2200. The fourth-order valence-corrected chi connectivity index (χ4v) is 7.96. The van der Waals surface area contributed by atoms with Gasteiger partial charge in [0.15, 0.2) is 0 Å². The van der Waals surface area contributed by atoms with E-state index in [1.807, 2.05) is 12.3 Å². The van der Waals surface area contributed by atoms with Gasteiger partial charge in [-0.25, -0.2) is 0 Å². The number of rotatable bonds is 4. The molecule has 0 radical (unpaired) electrons. The molecule has 216 valence electrons. The maximum absolute atomic E-state index is 4.67. The minimum Gasteiger partial charge on any atom is -0.310 e. The number of nitrogens with zero attached hydrogens (tertiary/aromatic N) is 2. The fourth-order valence-electron chi connectivity index (χ4n) is 7.96.